The predicted molar refractivity (Wildman–Crippen MR) is 241 cm³/mol. The zero-order valence-electron chi connectivity index (χ0n) is 38.6. The lowest BCUT2D eigenvalue weighted by Crippen LogP contribution is -2.70. The topological polar surface area (TPSA) is 180 Å². The van der Waals surface area contributed by atoms with Crippen LogP contribution in [-0.2, 0) is 35.2 Å². The van der Waals surface area contributed by atoms with E-state index in [2.05, 4.69) is 5.32 Å². The number of halogens is 2. The molecule has 0 spiro atoms. The normalized spacial score (nSPS) is 32.1. The molecule has 5 aliphatic carbocycles. The number of anilines is 1. The van der Waals surface area contributed by atoms with Crippen LogP contribution >= 0.6 is 0 Å². The molecule has 9 atom stereocenters. The van der Waals surface area contributed by atoms with Gasteiger partial charge in [-0.15, -0.1) is 0 Å². The molecule has 2 N–H and O–H groups in total. The number of allylic oxidation sites excluding steroid dienone is 4. The number of aromatic nitrogens is 1. The number of hydrogen-bond acceptors (Lipinski definition) is 13. The summed E-state index contributed by atoms with van der Waals surface area (Å²) in [4.78, 5) is 82.4. The van der Waals surface area contributed by atoms with E-state index >= 15 is 8.78 Å². The molecular weight excluding hydrogens is 869 g/mol. The molecule has 1 aromatic heterocycles. The molecule has 0 bridgehead atoms. The summed E-state index contributed by atoms with van der Waals surface area (Å²) in [6.45, 7) is 9.07. The molecule has 16 heteroatoms. The van der Waals surface area contributed by atoms with E-state index in [1.807, 2.05) is 16.4 Å². The van der Waals surface area contributed by atoms with Gasteiger partial charge in [0.2, 0.25) is 11.2 Å². The molecule has 1 saturated heterocycles. The quantitative estimate of drug-likeness (QED) is 0.162. The molecule has 2 aromatic carbocycles. The molecule has 0 amide bonds. The van der Waals surface area contributed by atoms with Crippen LogP contribution in [0.4, 0.5) is 14.5 Å². The second-order valence-electron chi connectivity index (χ2n) is 20.0. The van der Waals surface area contributed by atoms with E-state index in [0.29, 0.717) is 55.5 Å². The predicted octanol–water partition coefficient (Wildman–Crippen LogP) is 6.28. The van der Waals surface area contributed by atoms with Gasteiger partial charge in [-0.2, -0.15) is 0 Å². The number of rotatable bonds is 11. The summed E-state index contributed by atoms with van der Waals surface area (Å²) in [5.74, 6) is -5.71. The van der Waals surface area contributed by atoms with E-state index in [1.165, 1.54) is 62.7 Å². The average molecular weight is 926 g/mol. The van der Waals surface area contributed by atoms with E-state index in [4.69, 9.17) is 18.9 Å². The van der Waals surface area contributed by atoms with Crippen molar-refractivity contribution in [1.82, 2.24) is 9.88 Å². The monoisotopic (exact) mass is 925 g/mol. The maximum absolute atomic E-state index is 17.8. The number of ketones is 2. The Balaban J connectivity index is 0.891. The third-order valence-electron chi connectivity index (χ3n) is 16.0. The highest BCUT2D eigenvalue weighted by atomic mass is 19.1. The van der Waals surface area contributed by atoms with Gasteiger partial charge in [0.1, 0.15) is 17.9 Å². The van der Waals surface area contributed by atoms with Crippen LogP contribution in [0.5, 0.6) is 5.75 Å². The Labute approximate surface area is 386 Å². The number of esters is 3. The molecule has 6 aliphatic rings. The van der Waals surface area contributed by atoms with Gasteiger partial charge in [-0.25, -0.2) is 18.4 Å². The molecule has 356 valence electrons. The Kier molecular flexibility index (Phi) is 11.6. The highest BCUT2D eigenvalue weighted by molar-refractivity contribution is 6.01. The Hall–Kier alpha value is -5.74. The fraction of sp³-hybridized carbons (Fsp3) is 0.529. The number of nitrogens with zero attached hydrogens (tertiary/aromatic N) is 2. The van der Waals surface area contributed by atoms with E-state index in [-0.39, 0.29) is 58.8 Å². The number of alkyl halides is 1. The van der Waals surface area contributed by atoms with Gasteiger partial charge in [0.05, 0.1) is 29.7 Å². The number of ether oxygens (including phenoxy) is 4. The minimum Gasteiger partial charge on any atom is -0.492 e. The van der Waals surface area contributed by atoms with Crippen molar-refractivity contribution >= 4 is 46.1 Å². The number of nitrogens with one attached hydrogen (secondary N) is 1. The lowest BCUT2D eigenvalue weighted by molar-refractivity contribution is -0.227. The van der Waals surface area contributed by atoms with Crippen molar-refractivity contribution in [3.05, 3.63) is 93.1 Å². The number of benzene rings is 2. The molecule has 1 unspecified atom stereocenters. The number of hydrogen-bond donors (Lipinski definition) is 2. The van der Waals surface area contributed by atoms with Gasteiger partial charge in [-0.1, -0.05) is 37.6 Å². The van der Waals surface area contributed by atoms with Crippen LogP contribution in [-0.4, -0.2) is 95.9 Å². The first-order valence-electron chi connectivity index (χ1n) is 23.2. The van der Waals surface area contributed by atoms with Crippen molar-refractivity contribution in [2.24, 2.45) is 28.6 Å². The summed E-state index contributed by atoms with van der Waals surface area (Å²) in [5, 5.41) is 15.2. The summed E-state index contributed by atoms with van der Waals surface area (Å²) in [7, 11) is 1.44. The highest BCUT2D eigenvalue weighted by Crippen LogP contribution is 2.71. The summed E-state index contributed by atoms with van der Waals surface area (Å²) in [5.41, 5.74) is -5.62. The fourth-order valence-electron chi connectivity index (χ4n) is 12.8. The van der Waals surface area contributed by atoms with Crippen LogP contribution in [0.2, 0.25) is 0 Å². The van der Waals surface area contributed by atoms with Crippen LogP contribution in [0.1, 0.15) is 105 Å². The molecule has 1 aliphatic heterocycles. The first-order valence-corrected chi connectivity index (χ1v) is 23.2. The molecule has 4 saturated carbocycles. The van der Waals surface area contributed by atoms with E-state index in [0.717, 1.165) is 12.8 Å². The standard InChI is InChI=1S/C51H57F2N3O11/c1-27-19-38-37-14-11-32-20-34(58)15-16-48(32,4)50(37,53)40(59)22-49(38,5)51(27,67-29(3)57)41(60)26-66-46(62)31-9-7-30(8-10-31)25-65-47(63)36-24-56(33-12-13-33)42-35(44(36)61)21-39(52)43(45(42)64-6)55-18-17-54-28(2)23-55/h7-10,15-16,20-21,24,27-28,33,37-38,40,54,59H,11-14,17-19,22-23,25-26H2,1-6H3/t27-,28?,37-,38-,40-,48-,49-,50-,51-/m1/s1. The number of carbonyl (C=O) groups excluding carboxylic acids is 5. The first kappa shape index (κ1) is 46.4. The number of aliphatic hydroxyl groups is 1. The third kappa shape index (κ3) is 7.22. The lowest BCUT2D eigenvalue weighted by atomic mass is 9.44. The van der Waals surface area contributed by atoms with Crippen molar-refractivity contribution in [2.45, 2.75) is 109 Å². The molecule has 67 heavy (non-hydrogen) atoms. The van der Waals surface area contributed by atoms with Gasteiger partial charge in [0.25, 0.3) is 0 Å². The maximum atomic E-state index is 17.8. The number of methoxy groups -OCH3 is 1. The zero-order chi connectivity index (χ0) is 48.0. The molecule has 0 radical (unpaired) electrons. The number of aliphatic hydroxyl groups excluding tert-OH is 1. The molecule has 9 rings (SSSR count). The fourth-order valence-corrected chi connectivity index (χ4v) is 12.8. The minimum absolute atomic E-state index is 0.00329. The number of pyridine rings is 1. The Morgan fingerprint density at radius 3 is 2.40 bits per heavy atom. The van der Waals surface area contributed by atoms with Gasteiger partial charge in [0, 0.05) is 67.5 Å². The number of piperazine rings is 1. The second kappa shape index (κ2) is 16.8. The van der Waals surface area contributed by atoms with Crippen molar-refractivity contribution in [3.63, 3.8) is 0 Å². The minimum atomic E-state index is -2.16. The van der Waals surface area contributed by atoms with Crippen molar-refractivity contribution < 1.29 is 56.8 Å². The van der Waals surface area contributed by atoms with Gasteiger partial charge < -0.3 is 38.8 Å². The molecular formula is C51H57F2N3O11. The summed E-state index contributed by atoms with van der Waals surface area (Å²) in [6.07, 6.45) is 6.63. The van der Waals surface area contributed by atoms with Crippen molar-refractivity contribution in [3.8, 4) is 5.75 Å². The largest absolute Gasteiger partial charge is 0.492 e. The van der Waals surface area contributed by atoms with Crippen LogP contribution in [0.25, 0.3) is 10.9 Å². The Morgan fingerprint density at radius 1 is 1.00 bits per heavy atom. The molecule has 3 aromatic rings. The summed E-state index contributed by atoms with van der Waals surface area (Å²) >= 11 is 0. The lowest BCUT2D eigenvalue weighted by Gasteiger charge is -2.62. The third-order valence-corrected chi connectivity index (χ3v) is 16.0. The maximum Gasteiger partial charge on any atom is 0.343 e. The Morgan fingerprint density at radius 2 is 1.73 bits per heavy atom. The van der Waals surface area contributed by atoms with E-state index in [1.54, 1.807) is 26.8 Å². The molecule has 5 fully saturated rings. The van der Waals surface area contributed by atoms with E-state index < -0.39 is 87.5 Å². The second-order valence-corrected chi connectivity index (χ2v) is 20.0. The zero-order valence-corrected chi connectivity index (χ0v) is 38.6. The number of fused-ring (bicyclic) bond motifs is 6. The molecule has 14 nitrogen and oxygen atoms in total. The summed E-state index contributed by atoms with van der Waals surface area (Å²) in [6, 6.07) is 7.15. The Bertz CT molecular complexity index is 2710. The summed E-state index contributed by atoms with van der Waals surface area (Å²) < 4.78 is 58.5. The highest BCUT2D eigenvalue weighted by Gasteiger charge is 2.77. The van der Waals surface area contributed by atoms with Gasteiger partial charge in [-0.3, -0.25) is 19.2 Å². The number of Topliss-reactive ketones (excluding diaryl/α,β-unsaturated/α-hetero) is 1. The average Bonchev–Trinajstić information content (AvgIpc) is 4.11. The first-order chi connectivity index (χ1) is 31.8. The van der Waals surface area contributed by atoms with Crippen molar-refractivity contribution in [1.29, 1.82) is 0 Å². The van der Waals surface area contributed by atoms with Crippen LogP contribution < -0.4 is 20.4 Å². The van der Waals surface area contributed by atoms with Gasteiger partial charge in [0.15, 0.2) is 35.2 Å². The van der Waals surface area contributed by atoms with Gasteiger partial charge >= 0.3 is 17.9 Å². The van der Waals surface area contributed by atoms with Crippen LogP contribution in [0, 0.1) is 34.4 Å². The van der Waals surface area contributed by atoms with E-state index in [9.17, 15) is 33.9 Å². The number of carbonyl (C=O) groups is 5. The van der Waals surface area contributed by atoms with Crippen LogP contribution in [0.15, 0.2) is 65.1 Å². The smallest absolute Gasteiger partial charge is 0.343 e. The van der Waals surface area contributed by atoms with Crippen molar-refractivity contribution in [2.75, 3.05) is 38.3 Å². The van der Waals surface area contributed by atoms with Crippen LogP contribution in [0.3, 0.4) is 0 Å². The van der Waals surface area contributed by atoms with Gasteiger partial charge in [-0.05, 0) is 94.2 Å². The molecule has 2 heterocycles. The SMILES string of the molecule is COc1c(N2CCNC(C)C2)c(F)cc2c(=O)c(C(=O)OCc3ccc(C(=O)OCC(=O)[C@]4(OC(C)=O)[C@H](C)C[C@@H]5[C@H]6CCC7=CC(=O)C=C[C@@]7(C)[C@]6(F)[C@H](O)C[C@]54C)cc3)cn(C3CC3)c12.